The normalized spacial score (nSPS) is 21.1. The van der Waals surface area contributed by atoms with Gasteiger partial charge in [-0.2, -0.15) is 13.2 Å². The van der Waals surface area contributed by atoms with Crippen LogP contribution in [0.15, 0.2) is 34.1 Å². The van der Waals surface area contributed by atoms with Gasteiger partial charge < -0.3 is 0 Å². The molecule has 1 aromatic heterocycles. The molecule has 1 aromatic carbocycles. The van der Waals surface area contributed by atoms with Crippen LogP contribution in [0.5, 0.6) is 0 Å². The third-order valence-corrected chi connectivity index (χ3v) is 6.66. The number of thioether (sulfide) groups is 1. The summed E-state index contributed by atoms with van der Waals surface area (Å²) in [7, 11) is 0. The fourth-order valence-electron chi connectivity index (χ4n) is 4.07. The number of fused-ring (bicyclic) bond motifs is 1. The molecule has 0 bridgehead atoms. The lowest BCUT2D eigenvalue weighted by Gasteiger charge is -2.23. The molecule has 1 saturated carbocycles. The maximum atomic E-state index is 12.9. The molecule has 0 saturated heterocycles. The largest absolute Gasteiger partial charge is 0.416 e. The molecule has 0 radical (unpaired) electrons. The van der Waals surface area contributed by atoms with Crippen molar-refractivity contribution in [3.63, 3.8) is 0 Å². The Morgan fingerprint density at radius 3 is 2.36 bits per heavy atom. The molecule has 1 aliphatic heterocycles. The predicted molar refractivity (Wildman–Crippen MR) is 105 cm³/mol. The van der Waals surface area contributed by atoms with Gasteiger partial charge in [-0.1, -0.05) is 49.6 Å². The van der Waals surface area contributed by atoms with Crippen LogP contribution < -0.4 is 5.56 Å². The highest BCUT2D eigenvalue weighted by Gasteiger charge is 2.34. The molecule has 1 atom stereocenters. The minimum Gasteiger partial charge on any atom is -0.268 e. The molecule has 1 fully saturated rings. The fourth-order valence-corrected chi connectivity index (χ4v) is 5.17. The maximum absolute atomic E-state index is 12.9. The number of nitrogens with one attached hydrogen (secondary N) is 1. The van der Waals surface area contributed by atoms with Gasteiger partial charge in [-0.3, -0.25) is 14.6 Å². The third kappa shape index (κ3) is 3.66. The molecule has 8 heteroatoms. The fraction of sp³-hybridized carbons (Fsp3) is 0.500. The second-order valence-corrected chi connectivity index (χ2v) is 8.74. The van der Waals surface area contributed by atoms with Crippen LogP contribution in [0.25, 0.3) is 0 Å². The minimum absolute atomic E-state index is 0.201. The molecule has 0 amide bonds. The van der Waals surface area contributed by atoms with Crippen LogP contribution in [-0.2, 0) is 6.18 Å². The van der Waals surface area contributed by atoms with Gasteiger partial charge in [-0.15, -0.1) is 0 Å². The number of H-pyrrole nitrogens is 1. The molecule has 28 heavy (non-hydrogen) atoms. The van der Waals surface area contributed by atoms with Gasteiger partial charge in [-0.05, 0) is 37.5 Å². The van der Waals surface area contributed by atoms with E-state index in [1.165, 1.54) is 36.7 Å². The first kappa shape index (κ1) is 19.4. The lowest BCUT2D eigenvalue weighted by Crippen LogP contribution is -2.14. The summed E-state index contributed by atoms with van der Waals surface area (Å²) in [6.45, 7) is 1.87. The SMILES string of the molecule is CC1=Nc2c(c(=O)[nH]n2C2CCCCCC2)C(c2ccc(C(F)(F)F)cc2)S1. The van der Waals surface area contributed by atoms with Crippen molar-refractivity contribution >= 4 is 22.6 Å². The predicted octanol–water partition coefficient (Wildman–Crippen LogP) is 5.98. The van der Waals surface area contributed by atoms with Crippen LogP contribution in [0.3, 0.4) is 0 Å². The van der Waals surface area contributed by atoms with Crippen LogP contribution in [0.2, 0.25) is 0 Å². The number of aromatic amines is 1. The number of aromatic nitrogens is 2. The molecule has 1 aliphatic carbocycles. The molecular formula is C20H22F3N3OS. The van der Waals surface area contributed by atoms with E-state index in [0.29, 0.717) is 16.9 Å². The zero-order chi connectivity index (χ0) is 19.9. The number of rotatable bonds is 2. The Morgan fingerprint density at radius 1 is 1.11 bits per heavy atom. The van der Waals surface area contributed by atoms with Crippen LogP contribution in [0.1, 0.15) is 73.4 Å². The Morgan fingerprint density at radius 2 is 1.75 bits per heavy atom. The number of hydrogen-bond acceptors (Lipinski definition) is 3. The Labute approximate surface area is 165 Å². The van der Waals surface area contributed by atoms with Crippen molar-refractivity contribution in [2.45, 2.75) is 62.9 Å². The summed E-state index contributed by atoms with van der Waals surface area (Å²) in [4.78, 5) is 17.4. The van der Waals surface area contributed by atoms with Crippen LogP contribution >= 0.6 is 11.8 Å². The van der Waals surface area contributed by atoms with Gasteiger partial charge in [0, 0.05) is 0 Å². The number of benzene rings is 1. The van der Waals surface area contributed by atoms with Gasteiger partial charge in [0.15, 0.2) is 5.82 Å². The molecule has 1 N–H and O–H groups in total. The van der Waals surface area contributed by atoms with Crippen molar-refractivity contribution in [1.82, 2.24) is 9.78 Å². The van der Waals surface area contributed by atoms with E-state index < -0.39 is 11.7 Å². The lowest BCUT2D eigenvalue weighted by molar-refractivity contribution is -0.137. The first-order valence-corrected chi connectivity index (χ1v) is 10.5. The molecule has 2 aromatic rings. The molecular weight excluding hydrogens is 387 g/mol. The summed E-state index contributed by atoms with van der Waals surface area (Å²) in [6, 6.07) is 5.29. The smallest absolute Gasteiger partial charge is 0.268 e. The number of aliphatic imine (C=N–C) groups is 1. The molecule has 2 aliphatic rings. The van der Waals surface area contributed by atoms with Crippen molar-refractivity contribution in [2.24, 2.45) is 4.99 Å². The first-order valence-electron chi connectivity index (χ1n) is 9.58. The molecule has 1 unspecified atom stereocenters. The summed E-state index contributed by atoms with van der Waals surface area (Å²) in [5.74, 6) is 0.637. The number of alkyl halides is 3. The average molecular weight is 409 g/mol. The Hall–Kier alpha value is -1.96. The second kappa shape index (κ2) is 7.46. The van der Waals surface area contributed by atoms with Gasteiger partial charge in [-0.25, -0.2) is 4.99 Å². The molecule has 150 valence electrons. The lowest BCUT2D eigenvalue weighted by atomic mass is 10.0. The Bertz CT molecular complexity index is 935. The Balaban J connectivity index is 1.74. The van der Waals surface area contributed by atoms with E-state index >= 15 is 0 Å². The molecule has 4 rings (SSSR count). The number of halogens is 3. The van der Waals surface area contributed by atoms with E-state index in [9.17, 15) is 18.0 Å². The van der Waals surface area contributed by atoms with E-state index in [-0.39, 0.29) is 16.9 Å². The monoisotopic (exact) mass is 409 g/mol. The van der Waals surface area contributed by atoms with Gasteiger partial charge in [0.2, 0.25) is 0 Å². The standard InChI is InChI=1S/C20H22F3N3OS/c1-12-24-18-16(19(27)25-26(18)15-6-4-2-3-5-7-15)17(28-12)13-8-10-14(11-9-13)20(21,22)23/h8-11,15,17H,2-7H2,1H3,(H,25,27). The highest BCUT2D eigenvalue weighted by Crippen LogP contribution is 2.45. The van der Waals surface area contributed by atoms with E-state index in [1.807, 2.05) is 11.6 Å². The van der Waals surface area contributed by atoms with Gasteiger partial charge in [0.05, 0.1) is 27.5 Å². The van der Waals surface area contributed by atoms with Gasteiger partial charge >= 0.3 is 6.18 Å². The quantitative estimate of drug-likeness (QED) is 0.621. The van der Waals surface area contributed by atoms with Crippen molar-refractivity contribution < 1.29 is 13.2 Å². The van der Waals surface area contributed by atoms with Crippen molar-refractivity contribution in [1.29, 1.82) is 0 Å². The second-order valence-electron chi connectivity index (χ2n) is 7.44. The van der Waals surface area contributed by atoms with Crippen LogP contribution in [-0.4, -0.2) is 14.8 Å². The highest BCUT2D eigenvalue weighted by atomic mass is 32.2. The third-order valence-electron chi connectivity index (χ3n) is 5.48. The van der Waals surface area contributed by atoms with Crippen LogP contribution in [0, 0.1) is 0 Å². The summed E-state index contributed by atoms with van der Waals surface area (Å²) >= 11 is 1.41. The zero-order valence-electron chi connectivity index (χ0n) is 15.6. The average Bonchev–Trinajstić information content (AvgIpc) is 2.84. The maximum Gasteiger partial charge on any atom is 0.416 e. The van der Waals surface area contributed by atoms with Gasteiger partial charge in [0.1, 0.15) is 0 Å². The highest BCUT2D eigenvalue weighted by molar-refractivity contribution is 8.14. The van der Waals surface area contributed by atoms with E-state index in [1.54, 1.807) is 0 Å². The molecule has 0 spiro atoms. The topological polar surface area (TPSA) is 50.1 Å². The molecule has 2 heterocycles. The summed E-state index contributed by atoms with van der Waals surface area (Å²) in [5, 5.41) is 3.42. The van der Waals surface area contributed by atoms with Crippen molar-refractivity contribution in [3.8, 4) is 0 Å². The zero-order valence-corrected chi connectivity index (χ0v) is 16.4. The van der Waals surface area contributed by atoms with Gasteiger partial charge in [0.25, 0.3) is 5.56 Å². The number of nitrogens with zero attached hydrogens (tertiary/aromatic N) is 2. The van der Waals surface area contributed by atoms with Crippen molar-refractivity contribution in [2.75, 3.05) is 0 Å². The summed E-state index contributed by atoms with van der Waals surface area (Å²) in [6.07, 6.45) is 2.29. The van der Waals surface area contributed by atoms with E-state index in [0.717, 1.165) is 42.9 Å². The Kier molecular flexibility index (Phi) is 5.16. The van der Waals surface area contributed by atoms with Crippen LogP contribution in [0.4, 0.5) is 19.0 Å². The summed E-state index contributed by atoms with van der Waals surface area (Å²) in [5.41, 5.74) is 0.331. The van der Waals surface area contributed by atoms with Crippen molar-refractivity contribution in [3.05, 3.63) is 51.3 Å². The van der Waals surface area contributed by atoms with E-state index in [4.69, 9.17) is 0 Å². The minimum atomic E-state index is -4.37. The molecule has 4 nitrogen and oxygen atoms in total. The number of hydrogen-bond donors (Lipinski definition) is 1. The first-order chi connectivity index (χ1) is 13.3. The summed E-state index contributed by atoms with van der Waals surface area (Å²) < 4.78 is 40.6. The van der Waals surface area contributed by atoms with E-state index in [2.05, 4.69) is 10.1 Å².